The molecule has 0 N–H and O–H groups in total. The van der Waals surface area contributed by atoms with E-state index < -0.39 is 17.8 Å². The van der Waals surface area contributed by atoms with Crippen LogP contribution < -0.4 is 0 Å². The summed E-state index contributed by atoms with van der Waals surface area (Å²) in [5.74, 6) is 0. The molecule has 1 aromatic carbocycles. The second kappa shape index (κ2) is 6.48. The third kappa shape index (κ3) is 3.56. The number of rotatable bonds is 3. The molecule has 0 bridgehead atoms. The zero-order chi connectivity index (χ0) is 15.5. The third-order valence-electron chi connectivity index (χ3n) is 4.15. The summed E-state index contributed by atoms with van der Waals surface area (Å²) in [6, 6.07) is 7.11. The van der Waals surface area contributed by atoms with Gasteiger partial charge >= 0.3 is 6.18 Å². The predicted molar refractivity (Wildman–Crippen MR) is 74.4 cm³/mol. The highest BCUT2D eigenvalue weighted by Crippen LogP contribution is 2.33. The maximum atomic E-state index is 12.6. The number of alkyl halides is 3. The standard InChI is InChI=1S/C16H19F3N2/c1-2-14-5-3-4-10-21(14)15(11-20)12-6-8-13(9-7-12)16(17,18)19/h6-9,14-15H,2-5,10H2,1H3. The first-order valence-corrected chi connectivity index (χ1v) is 7.30. The molecule has 1 heterocycles. The average Bonchev–Trinajstić information content (AvgIpc) is 2.48. The smallest absolute Gasteiger partial charge is 0.281 e. The van der Waals surface area contributed by atoms with Crippen molar-refractivity contribution in [1.29, 1.82) is 5.26 Å². The Morgan fingerprint density at radius 3 is 2.48 bits per heavy atom. The quantitative estimate of drug-likeness (QED) is 0.819. The zero-order valence-electron chi connectivity index (χ0n) is 12.0. The molecule has 1 aliphatic heterocycles. The van der Waals surface area contributed by atoms with E-state index in [4.69, 9.17) is 0 Å². The molecule has 5 heteroatoms. The van der Waals surface area contributed by atoms with E-state index in [0.29, 0.717) is 11.6 Å². The number of benzene rings is 1. The van der Waals surface area contributed by atoms with Gasteiger partial charge in [0, 0.05) is 12.6 Å². The minimum Gasteiger partial charge on any atom is -0.281 e. The first-order chi connectivity index (χ1) is 9.97. The van der Waals surface area contributed by atoms with Gasteiger partial charge in [0.05, 0.1) is 11.6 Å². The van der Waals surface area contributed by atoms with Crippen molar-refractivity contribution in [2.24, 2.45) is 0 Å². The Hall–Kier alpha value is -1.54. The van der Waals surface area contributed by atoms with Crippen LogP contribution in [0.3, 0.4) is 0 Å². The van der Waals surface area contributed by atoms with Gasteiger partial charge in [-0.1, -0.05) is 25.5 Å². The van der Waals surface area contributed by atoms with Gasteiger partial charge < -0.3 is 0 Å². The van der Waals surface area contributed by atoms with Crippen molar-refractivity contribution >= 4 is 0 Å². The molecule has 0 spiro atoms. The van der Waals surface area contributed by atoms with E-state index in [0.717, 1.165) is 44.4 Å². The summed E-state index contributed by atoms with van der Waals surface area (Å²) >= 11 is 0. The van der Waals surface area contributed by atoms with Crippen LogP contribution in [0.25, 0.3) is 0 Å². The Labute approximate surface area is 123 Å². The monoisotopic (exact) mass is 296 g/mol. The van der Waals surface area contributed by atoms with Gasteiger partial charge in [-0.2, -0.15) is 18.4 Å². The van der Waals surface area contributed by atoms with Crippen molar-refractivity contribution in [2.75, 3.05) is 6.54 Å². The molecule has 0 amide bonds. The fourth-order valence-corrected chi connectivity index (χ4v) is 3.00. The van der Waals surface area contributed by atoms with Crippen LogP contribution >= 0.6 is 0 Å². The lowest BCUT2D eigenvalue weighted by molar-refractivity contribution is -0.137. The zero-order valence-corrected chi connectivity index (χ0v) is 12.0. The fraction of sp³-hybridized carbons (Fsp3) is 0.562. The molecule has 2 rings (SSSR count). The Morgan fingerprint density at radius 1 is 1.29 bits per heavy atom. The first-order valence-electron chi connectivity index (χ1n) is 7.30. The van der Waals surface area contributed by atoms with Crippen LogP contribution in [0.1, 0.15) is 49.8 Å². The van der Waals surface area contributed by atoms with Crippen molar-refractivity contribution in [2.45, 2.75) is 50.9 Å². The summed E-state index contributed by atoms with van der Waals surface area (Å²) in [5.41, 5.74) is -0.0283. The van der Waals surface area contributed by atoms with Crippen LogP contribution in [0.4, 0.5) is 13.2 Å². The predicted octanol–water partition coefficient (Wildman–Crippen LogP) is 4.53. The summed E-state index contributed by atoms with van der Waals surface area (Å²) < 4.78 is 37.8. The van der Waals surface area contributed by atoms with Gasteiger partial charge in [-0.3, -0.25) is 4.90 Å². The van der Waals surface area contributed by atoms with Crippen LogP contribution in [-0.4, -0.2) is 17.5 Å². The highest BCUT2D eigenvalue weighted by molar-refractivity contribution is 5.30. The lowest BCUT2D eigenvalue weighted by Crippen LogP contribution is -2.41. The van der Waals surface area contributed by atoms with E-state index in [-0.39, 0.29) is 0 Å². The minimum atomic E-state index is -4.34. The summed E-state index contributed by atoms with van der Waals surface area (Å²) in [6.07, 6.45) is -0.138. The maximum Gasteiger partial charge on any atom is 0.416 e. The van der Waals surface area contributed by atoms with E-state index >= 15 is 0 Å². The number of halogens is 3. The highest BCUT2D eigenvalue weighted by Gasteiger charge is 2.32. The molecule has 0 aliphatic carbocycles. The number of nitrogens with zero attached hydrogens (tertiary/aromatic N) is 2. The van der Waals surface area contributed by atoms with Gasteiger partial charge in [0.1, 0.15) is 6.04 Å². The second-order valence-electron chi connectivity index (χ2n) is 5.45. The SMILES string of the molecule is CCC1CCCCN1C(C#N)c1ccc(C(F)(F)F)cc1. The summed E-state index contributed by atoms with van der Waals surface area (Å²) in [7, 11) is 0. The van der Waals surface area contributed by atoms with Gasteiger partial charge in [-0.05, 0) is 37.0 Å². The Balaban J connectivity index is 2.23. The van der Waals surface area contributed by atoms with Gasteiger partial charge in [-0.15, -0.1) is 0 Å². The molecule has 2 unspecified atom stereocenters. The second-order valence-corrected chi connectivity index (χ2v) is 5.45. The van der Waals surface area contributed by atoms with Crippen molar-refractivity contribution in [1.82, 2.24) is 4.90 Å². The topological polar surface area (TPSA) is 27.0 Å². The molecule has 1 saturated heterocycles. The van der Waals surface area contributed by atoms with Gasteiger partial charge in [0.15, 0.2) is 0 Å². The van der Waals surface area contributed by atoms with Gasteiger partial charge in [-0.25, -0.2) is 0 Å². The molecular weight excluding hydrogens is 277 g/mol. The Bertz CT molecular complexity index is 502. The molecule has 0 radical (unpaired) electrons. The summed E-state index contributed by atoms with van der Waals surface area (Å²) in [6.45, 7) is 2.92. The molecule has 0 saturated carbocycles. The Morgan fingerprint density at radius 2 is 1.95 bits per heavy atom. The first kappa shape index (κ1) is 15.8. The average molecular weight is 296 g/mol. The number of likely N-dealkylation sites (tertiary alicyclic amines) is 1. The Kier molecular flexibility index (Phi) is 4.89. The van der Waals surface area contributed by atoms with Gasteiger partial charge in [0.25, 0.3) is 0 Å². The third-order valence-corrected chi connectivity index (χ3v) is 4.15. The molecular formula is C16H19F3N2. The molecule has 114 valence electrons. The summed E-state index contributed by atoms with van der Waals surface area (Å²) in [4.78, 5) is 2.13. The minimum absolute atomic E-state index is 0.339. The van der Waals surface area contributed by atoms with Gasteiger partial charge in [0.2, 0.25) is 0 Å². The number of hydrogen-bond donors (Lipinski definition) is 0. The number of nitriles is 1. The molecule has 2 atom stereocenters. The van der Waals surface area contributed by atoms with E-state index in [1.807, 2.05) is 0 Å². The van der Waals surface area contributed by atoms with Crippen LogP contribution in [0.15, 0.2) is 24.3 Å². The molecule has 21 heavy (non-hydrogen) atoms. The number of piperidine rings is 1. The summed E-state index contributed by atoms with van der Waals surface area (Å²) in [5, 5.41) is 9.46. The molecule has 0 aromatic heterocycles. The van der Waals surface area contributed by atoms with E-state index in [1.54, 1.807) is 0 Å². The molecule has 2 nitrogen and oxygen atoms in total. The lowest BCUT2D eigenvalue weighted by atomic mass is 9.95. The lowest BCUT2D eigenvalue weighted by Gasteiger charge is -2.38. The highest BCUT2D eigenvalue weighted by atomic mass is 19.4. The molecule has 1 aliphatic rings. The van der Waals surface area contributed by atoms with Crippen molar-refractivity contribution in [3.05, 3.63) is 35.4 Å². The normalized spacial score (nSPS) is 21.8. The van der Waals surface area contributed by atoms with Crippen LogP contribution in [-0.2, 0) is 6.18 Å². The van der Waals surface area contributed by atoms with Crippen LogP contribution in [0.5, 0.6) is 0 Å². The molecule has 1 aromatic rings. The maximum absolute atomic E-state index is 12.6. The largest absolute Gasteiger partial charge is 0.416 e. The fourth-order valence-electron chi connectivity index (χ4n) is 3.00. The van der Waals surface area contributed by atoms with Crippen molar-refractivity contribution in [3.63, 3.8) is 0 Å². The van der Waals surface area contributed by atoms with Crippen molar-refractivity contribution in [3.8, 4) is 6.07 Å². The van der Waals surface area contributed by atoms with E-state index in [9.17, 15) is 18.4 Å². The van der Waals surface area contributed by atoms with Crippen LogP contribution in [0.2, 0.25) is 0 Å². The van der Waals surface area contributed by atoms with Crippen LogP contribution in [0, 0.1) is 11.3 Å². The molecule has 1 fully saturated rings. The van der Waals surface area contributed by atoms with E-state index in [1.165, 1.54) is 12.1 Å². The number of hydrogen-bond acceptors (Lipinski definition) is 2. The van der Waals surface area contributed by atoms with Crippen molar-refractivity contribution < 1.29 is 13.2 Å². The van der Waals surface area contributed by atoms with E-state index in [2.05, 4.69) is 17.9 Å².